The molecule has 0 spiro atoms. The van der Waals surface area contributed by atoms with E-state index >= 15 is 0 Å². The molecule has 6 heteroatoms. The van der Waals surface area contributed by atoms with Crippen molar-refractivity contribution in [2.45, 2.75) is 13.8 Å². The second-order valence-corrected chi connectivity index (χ2v) is 4.93. The van der Waals surface area contributed by atoms with Crippen molar-refractivity contribution >= 4 is 23.1 Å². The molecular formula is C13H12N2O3S. The second-order valence-electron chi connectivity index (χ2n) is 3.93. The lowest BCUT2D eigenvalue weighted by atomic mass is 10.2. The van der Waals surface area contributed by atoms with Gasteiger partial charge in [-0.2, -0.15) is 0 Å². The molecule has 0 saturated carbocycles. The van der Waals surface area contributed by atoms with E-state index < -0.39 is 5.97 Å². The van der Waals surface area contributed by atoms with Gasteiger partial charge < -0.3 is 4.74 Å². The smallest absolute Gasteiger partial charge is 0.358 e. The van der Waals surface area contributed by atoms with E-state index in [1.807, 2.05) is 19.1 Å². The van der Waals surface area contributed by atoms with Crippen molar-refractivity contribution in [2.24, 2.45) is 0 Å². The van der Waals surface area contributed by atoms with E-state index in [4.69, 9.17) is 0 Å². The first-order valence-electron chi connectivity index (χ1n) is 5.56. The number of aryl methyl sites for hydroxylation is 1. The van der Waals surface area contributed by atoms with Crippen LogP contribution in [0.25, 0.3) is 10.6 Å². The summed E-state index contributed by atoms with van der Waals surface area (Å²) in [6.07, 6.45) is 1.67. The SMILES string of the molecule is COC(=O)c1nc(-c2ccc(C)nc2)sc1C(C)=O. The largest absolute Gasteiger partial charge is 0.464 e. The summed E-state index contributed by atoms with van der Waals surface area (Å²) in [5.74, 6) is -0.808. The van der Waals surface area contributed by atoms with Crippen LogP contribution in [0.1, 0.15) is 32.8 Å². The van der Waals surface area contributed by atoms with Gasteiger partial charge in [0.1, 0.15) is 9.88 Å². The number of carbonyl (C=O) groups is 2. The highest BCUT2D eigenvalue weighted by Crippen LogP contribution is 2.28. The van der Waals surface area contributed by atoms with Crippen molar-refractivity contribution in [3.8, 4) is 10.6 Å². The molecule has 0 aromatic carbocycles. The van der Waals surface area contributed by atoms with Crippen LogP contribution in [0, 0.1) is 6.92 Å². The number of carbonyl (C=O) groups excluding carboxylic acids is 2. The molecule has 2 rings (SSSR count). The Bertz CT molecular complexity index is 632. The van der Waals surface area contributed by atoms with Gasteiger partial charge >= 0.3 is 5.97 Å². The summed E-state index contributed by atoms with van der Waals surface area (Å²) in [6, 6.07) is 3.70. The molecule has 0 unspecified atom stereocenters. The third-order valence-electron chi connectivity index (χ3n) is 2.48. The standard InChI is InChI=1S/C13H12N2O3S/c1-7-4-5-9(6-14-7)12-15-10(13(17)18-3)11(19-12)8(2)16/h4-6H,1-3H3. The van der Waals surface area contributed by atoms with E-state index in [0.29, 0.717) is 9.88 Å². The van der Waals surface area contributed by atoms with E-state index in [1.165, 1.54) is 25.4 Å². The molecule has 0 radical (unpaired) electrons. The first-order chi connectivity index (χ1) is 9.02. The molecule has 0 N–H and O–H groups in total. The number of ketones is 1. The Balaban J connectivity index is 2.51. The topological polar surface area (TPSA) is 69.2 Å². The summed E-state index contributed by atoms with van der Waals surface area (Å²) < 4.78 is 4.63. The molecule has 0 aliphatic heterocycles. The predicted molar refractivity (Wildman–Crippen MR) is 71.4 cm³/mol. The molecule has 0 saturated heterocycles. The number of Topliss-reactive ketones (excluding diaryl/α,β-unsaturated/α-hetero) is 1. The number of hydrogen-bond acceptors (Lipinski definition) is 6. The summed E-state index contributed by atoms with van der Waals surface area (Å²) >= 11 is 1.17. The van der Waals surface area contributed by atoms with Gasteiger partial charge in [0, 0.05) is 24.4 Å². The molecule has 2 aromatic rings. The monoisotopic (exact) mass is 276 g/mol. The van der Waals surface area contributed by atoms with Crippen LogP contribution in [0.4, 0.5) is 0 Å². The van der Waals surface area contributed by atoms with Gasteiger partial charge in [0.05, 0.1) is 7.11 Å². The fourth-order valence-electron chi connectivity index (χ4n) is 1.51. The Morgan fingerprint density at radius 3 is 2.58 bits per heavy atom. The fourth-order valence-corrected chi connectivity index (χ4v) is 2.45. The van der Waals surface area contributed by atoms with Crippen LogP contribution in [0.3, 0.4) is 0 Å². The number of ether oxygens (including phenoxy) is 1. The number of pyridine rings is 1. The highest BCUT2D eigenvalue weighted by Gasteiger charge is 2.22. The molecule has 98 valence electrons. The minimum atomic E-state index is -0.604. The van der Waals surface area contributed by atoms with Crippen molar-refractivity contribution in [2.75, 3.05) is 7.11 Å². The number of aromatic nitrogens is 2. The number of hydrogen-bond donors (Lipinski definition) is 0. The quantitative estimate of drug-likeness (QED) is 0.636. The zero-order valence-electron chi connectivity index (χ0n) is 10.8. The van der Waals surface area contributed by atoms with Gasteiger partial charge in [0.2, 0.25) is 0 Å². The molecule has 2 heterocycles. The number of methoxy groups -OCH3 is 1. The number of esters is 1. The maximum absolute atomic E-state index is 11.6. The molecule has 0 amide bonds. The average molecular weight is 276 g/mol. The Morgan fingerprint density at radius 1 is 1.32 bits per heavy atom. The molecule has 19 heavy (non-hydrogen) atoms. The first kappa shape index (κ1) is 13.4. The number of thiazole rings is 1. The molecule has 0 aliphatic carbocycles. The van der Waals surface area contributed by atoms with E-state index in [1.54, 1.807) is 6.20 Å². The van der Waals surface area contributed by atoms with Crippen molar-refractivity contribution < 1.29 is 14.3 Å². The van der Waals surface area contributed by atoms with Crippen molar-refractivity contribution in [1.29, 1.82) is 0 Å². The number of nitrogens with zero attached hydrogens (tertiary/aromatic N) is 2. The van der Waals surface area contributed by atoms with Crippen LogP contribution in [0.5, 0.6) is 0 Å². The maximum atomic E-state index is 11.6. The fraction of sp³-hybridized carbons (Fsp3) is 0.231. The van der Waals surface area contributed by atoms with E-state index in [9.17, 15) is 9.59 Å². The van der Waals surface area contributed by atoms with Crippen LogP contribution in [0.2, 0.25) is 0 Å². The predicted octanol–water partition coefficient (Wildman–Crippen LogP) is 2.50. The van der Waals surface area contributed by atoms with Crippen LogP contribution < -0.4 is 0 Å². The van der Waals surface area contributed by atoms with Gasteiger partial charge in [-0.05, 0) is 19.1 Å². The van der Waals surface area contributed by atoms with Gasteiger partial charge in [-0.1, -0.05) is 0 Å². The zero-order valence-corrected chi connectivity index (χ0v) is 11.6. The van der Waals surface area contributed by atoms with E-state index in [2.05, 4.69) is 14.7 Å². The van der Waals surface area contributed by atoms with Crippen LogP contribution in [-0.2, 0) is 4.74 Å². The molecule has 0 fully saturated rings. The normalized spacial score (nSPS) is 10.3. The third kappa shape index (κ3) is 2.68. The maximum Gasteiger partial charge on any atom is 0.358 e. The molecule has 2 aromatic heterocycles. The molecular weight excluding hydrogens is 264 g/mol. The summed E-state index contributed by atoms with van der Waals surface area (Å²) in [5.41, 5.74) is 1.73. The van der Waals surface area contributed by atoms with Crippen LogP contribution in [-0.4, -0.2) is 28.8 Å². The minimum absolute atomic E-state index is 0.0653. The van der Waals surface area contributed by atoms with Crippen molar-refractivity contribution in [3.63, 3.8) is 0 Å². The highest BCUT2D eigenvalue weighted by molar-refractivity contribution is 7.17. The van der Waals surface area contributed by atoms with E-state index in [-0.39, 0.29) is 11.5 Å². The average Bonchev–Trinajstić information content (AvgIpc) is 2.84. The van der Waals surface area contributed by atoms with Gasteiger partial charge in [-0.15, -0.1) is 11.3 Å². The lowest BCUT2D eigenvalue weighted by Crippen LogP contribution is -2.06. The third-order valence-corrected chi connectivity index (χ3v) is 3.69. The van der Waals surface area contributed by atoms with Gasteiger partial charge in [-0.25, -0.2) is 9.78 Å². The Morgan fingerprint density at radius 2 is 2.05 bits per heavy atom. The molecule has 0 aliphatic rings. The summed E-state index contributed by atoms with van der Waals surface area (Å²) in [7, 11) is 1.26. The Hall–Kier alpha value is -2.08. The lowest BCUT2D eigenvalue weighted by molar-refractivity contribution is 0.0591. The van der Waals surface area contributed by atoms with Crippen LogP contribution in [0.15, 0.2) is 18.3 Å². The van der Waals surface area contributed by atoms with Gasteiger partial charge in [-0.3, -0.25) is 9.78 Å². The molecule has 5 nitrogen and oxygen atoms in total. The van der Waals surface area contributed by atoms with Gasteiger partial charge in [0.15, 0.2) is 11.5 Å². The summed E-state index contributed by atoms with van der Waals surface area (Å²) in [5, 5.41) is 0.582. The van der Waals surface area contributed by atoms with Gasteiger partial charge in [0.25, 0.3) is 0 Å². The van der Waals surface area contributed by atoms with Crippen molar-refractivity contribution in [3.05, 3.63) is 34.6 Å². The first-order valence-corrected chi connectivity index (χ1v) is 6.37. The lowest BCUT2D eigenvalue weighted by Gasteiger charge is -1.96. The minimum Gasteiger partial charge on any atom is -0.464 e. The van der Waals surface area contributed by atoms with Crippen LogP contribution >= 0.6 is 11.3 Å². The summed E-state index contributed by atoms with van der Waals surface area (Å²) in [6.45, 7) is 3.28. The molecule has 0 bridgehead atoms. The Labute approximate surface area is 114 Å². The Kier molecular flexibility index (Phi) is 3.71. The van der Waals surface area contributed by atoms with Crippen molar-refractivity contribution in [1.82, 2.24) is 9.97 Å². The molecule has 0 atom stereocenters. The second kappa shape index (κ2) is 5.27. The number of rotatable bonds is 3. The zero-order chi connectivity index (χ0) is 14.0. The highest BCUT2D eigenvalue weighted by atomic mass is 32.1. The summed E-state index contributed by atoms with van der Waals surface area (Å²) in [4.78, 5) is 31.8. The van der Waals surface area contributed by atoms with E-state index in [0.717, 1.165) is 11.3 Å².